The van der Waals surface area contributed by atoms with Crippen molar-refractivity contribution in [3.05, 3.63) is 10.6 Å². The molecule has 8 nitrogen and oxygen atoms in total. The zero-order valence-electron chi connectivity index (χ0n) is 13.8. The van der Waals surface area contributed by atoms with E-state index in [0.29, 0.717) is 55.1 Å². The van der Waals surface area contributed by atoms with Crippen LogP contribution in [0.5, 0.6) is 0 Å². The summed E-state index contributed by atoms with van der Waals surface area (Å²) >= 11 is 1.21. The van der Waals surface area contributed by atoms with Gasteiger partial charge in [0.25, 0.3) is 5.91 Å². The Labute approximate surface area is 145 Å². The standard InChI is InChI=1S/C15H23N5O3S/c1-10-12(24-14(16)17-10)13(21)18-11-2-4-19(5-3-11)15(22)20-6-8-23-9-7-20/h11H,2-9H2,1H3,(H2,16,17)(H,18,21). The largest absolute Gasteiger partial charge is 0.378 e. The Morgan fingerprint density at radius 3 is 2.42 bits per heavy atom. The number of rotatable bonds is 2. The number of thiazole rings is 1. The highest BCUT2D eigenvalue weighted by molar-refractivity contribution is 7.17. The third kappa shape index (κ3) is 3.78. The second kappa shape index (κ2) is 7.35. The Morgan fingerprint density at radius 1 is 1.21 bits per heavy atom. The van der Waals surface area contributed by atoms with Crippen molar-refractivity contribution < 1.29 is 14.3 Å². The second-order valence-corrected chi connectivity index (χ2v) is 7.11. The molecule has 2 aliphatic rings. The molecule has 9 heteroatoms. The van der Waals surface area contributed by atoms with E-state index >= 15 is 0 Å². The van der Waals surface area contributed by atoms with Gasteiger partial charge in [-0.3, -0.25) is 4.79 Å². The number of nitrogens with two attached hydrogens (primary N) is 1. The fraction of sp³-hybridized carbons (Fsp3) is 0.667. The number of anilines is 1. The molecule has 0 aliphatic carbocycles. The van der Waals surface area contributed by atoms with E-state index in [0.717, 1.165) is 12.8 Å². The number of nitrogen functional groups attached to an aromatic ring is 1. The lowest BCUT2D eigenvalue weighted by Gasteiger charge is -2.37. The first-order valence-corrected chi connectivity index (χ1v) is 9.01. The summed E-state index contributed by atoms with van der Waals surface area (Å²) in [6.07, 6.45) is 1.52. The van der Waals surface area contributed by atoms with Crippen LogP contribution >= 0.6 is 11.3 Å². The lowest BCUT2D eigenvalue weighted by Crippen LogP contribution is -2.52. The normalized spacial score (nSPS) is 19.4. The van der Waals surface area contributed by atoms with Crippen molar-refractivity contribution in [2.45, 2.75) is 25.8 Å². The SMILES string of the molecule is Cc1nc(N)sc1C(=O)NC1CCN(C(=O)N2CCOCC2)CC1. The van der Waals surface area contributed by atoms with E-state index < -0.39 is 0 Å². The quantitative estimate of drug-likeness (QED) is 0.814. The maximum atomic E-state index is 12.4. The molecule has 0 spiro atoms. The minimum atomic E-state index is -0.125. The van der Waals surface area contributed by atoms with Crippen molar-refractivity contribution >= 4 is 28.4 Å². The smallest absolute Gasteiger partial charge is 0.320 e. The summed E-state index contributed by atoms with van der Waals surface area (Å²) in [5, 5.41) is 3.44. The summed E-state index contributed by atoms with van der Waals surface area (Å²) in [6, 6.07) is 0.156. The van der Waals surface area contributed by atoms with E-state index in [4.69, 9.17) is 10.5 Å². The van der Waals surface area contributed by atoms with E-state index in [2.05, 4.69) is 10.3 Å². The summed E-state index contributed by atoms with van der Waals surface area (Å²) in [4.78, 5) is 33.1. The number of carbonyl (C=O) groups excluding carboxylic acids is 2. The van der Waals surface area contributed by atoms with Crippen LogP contribution in [0.2, 0.25) is 0 Å². The number of aryl methyl sites for hydroxylation is 1. The zero-order valence-corrected chi connectivity index (χ0v) is 14.6. The van der Waals surface area contributed by atoms with Gasteiger partial charge in [-0.2, -0.15) is 0 Å². The minimum Gasteiger partial charge on any atom is -0.378 e. The molecule has 3 rings (SSSR count). The molecule has 2 aliphatic heterocycles. The van der Waals surface area contributed by atoms with Gasteiger partial charge in [-0.05, 0) is 19.8 Å². The molecule has 0 aromatic carbocycles. The van der Waals surface area contributed by atoms with E-state index in [1.165, 1.54) is 11.3 Å². The highest BCUT2D eigenvalue weighted by atomic mass is 32.1. The number of likely N-dealkylation sites (tertiary alicyclic amines) is 1. The van der Waals surface area contributed by atoms with Crippen LogP contribution in [0.3, 0.4) is 0 Å². The molecule has 1 aromatic rings. The number of morpholine rings is 1. The highest BCUT2D eigenvalue weighted by Crippen LogP contribution is 2.20. The number of aromatic nitrogens is 1. The Hall–Kier alpha value is -1.87. The van der Waals surface area contributed by atoms with Crippen molar-refractivity contribution in [3.8, 4) is 0 Å². The van der Waals surface area contributed by atoms with Crippen molar-refractivity contribution in [3.63, 3.8) is 0 Å². The molecule has 2 saturated heterocycles. The van der Waals surface area contributed by atoms with E-state index in [9.17, 15) is 9.59 Å². The van der Waals surface area contributed by atoms with Gasteiger partial charge in [0, 0.05) is 32.2 Å². The molecule has 0 unspecified atom stereocenters. The highest BCUT2D eigenvalue weighted by Gasteiger charge is 2.28. The Morgan fingerprint density at radius 2 is 1.83 bits per heavy atom. The maximum Gasteiger partial charge on any atom is 0.320 e. The summed E-state index contributed by atoms with van der Waals surface area (Å²) in [7, 11) is 0. The van der Waals surface area contributed by atoms with Crippen molar-refractivity contribution in [2.75, 3.05) is 45.1 Å². The third-order valence-corrected chi connectivity index (χ3v) is 5.39. The van der Waals surface area contributed by atoms with Crippen molar-refractivity contribution in [1.82, 2.24) is 20.1 Å². The van der Waals surface area contributed by atoms with Gasteiger partial charge in [0.1, 0.15) is 4.88 Å². The molecule has 0 atom stereocenters. The molecular weight excluding hydrogens is 330 g/mol. The predicted molar refractivity (Wildman–Crippen MR) is 91.1 cm³/mol. The molecule has 0 radical (unpaired) electrons. The Kier molecular flexibility index (Phi) is 5.20. The number of carbonyl (C=O) groups is 2. The number of ether oxygens (including phenoxy) is 1. The monoisotopic (exact) mass is 353 g/mol. The van der Waals surface area contributed by atoms with E-state index in [-0.39, 0.29) is 18.0 Å². The van der Waals surface area contributed by atoms with Gasteiger partial charge in [0.05, 0.1) is 18.9 Å². The van der Waals surface area contributed by atoms with E-state index in [1.807, 2.05) is 9.80 Å². The lowest BCUT2D eigenvalue weighted by atomic mass is 10.1. The first-order chi connectivity index (χ1) is 11.5. The topological polar surface area (TPSA) is 101 Å². The maximum absolute atomic E-state index is 12.4. The van der Waals surface area contributed by atoms with Crippen LogP contribution in [-0.2, 0) is 4.74 Å². The van der Waals surface area contributed by atoms with E-state index in [1.54, 1.807) is 6.92 Å². The van der Waals surface area contributed by atoms with Gasteiger partial charge in [-0.15, -0.1) is 0 Å². The summed E-state index contributed by atoms with van der Waals surface area (Å²) in [6.45, 7) is 5.62. The van der Waals surface area contributed by atoms with Gasteiger partial charge < -0.3 is 25.6 Å². The molecule has 3 amide bonds. The predicted octanol–water partition coefficient (Wildman–Crippen LogP) is 0.680. The summed E-state index contributed by atoms with van der Waals surface area (Å²) in [5.74, 6) is -0.125. The number of nitrogens with zero attached hydrogens (tertiary/aromatic N) is 3. The molecule has 0 bridgehead atoms. The van der Waals surface area contributed by atoms with Crippen LogP contribution in [0.1, 0.15) is 28.2 Å². The molecule has 1 aromatic heterocycles. The molecule has 24 heavy (non-hydrogen) atoms. The first kappa shape index (κ1) is 17.0. The van der Waals surface area contributed by atoms with Crippen LogP contribution in [-0.4, -0.2) is 72.2 Å². The molecule has 3 heterocycles. The molecule has 3 N–H and O–H groups in total. The number of piperidine rings is 1. The van der Waals surface area contributed by atoms with Gasteiger partial charge >= 0.3 is 6.03 Å². The minimum absolute atomic E-state index is 0.0777. The van der Waals surface area contributed by atoms with Gasteiger partial charge in [-0.1, -0.05) is 11.3 Å². The number of hydrogen-bond donors (Lipinski definition) is 2. The number of amides is 3. The molecule has 0 saturated carbocycles. The van der Waals surface area contributed by atoms with Gasteiger partial charge in [0.2, 0.25) is 0 Å². The average Bonchev–Trinajstić information content (AvgIpc) is 2.94. The number of nitrogens with one attached hydrogen (secondary N) is 1. The second-order valence-electron chi connectivity index (χ2n) is 6.08. The Bertz CT molecular complexity index is 606. The van der Waals surface area contributed by atoms with Gasteiger partial charge in [0.15, 0.2) is 5.13 Å². The fourth-order valence-corrected chi connectivity index (χ4v) is 3.79. The summed E-state index contributed by atoms with van der Waals surface area (Å²) in [5.41, 5.74) is 6.30. The molecular formula is C15H23N5O3S. The lowest BCUT2D eigenvalue weighted by molar-refractivity contribution is 0.0407. The van der Waals surface area contributed by atoms with Crippen LogP contribution in [0.25, 0.3) is 0 Å². The number of urea groups is 1. The number of hydrogen-bond acceptors (Lipinski definition) is 6. The van der Waals surface area contributed by atoms with Crippen LogP contribution in [0.4, 0.5) is 9.93 Å². The van der Waals surface area contributed by atoms with Crippen LogP contribution in [0, 0.1) is 6.92 Å². The first-order valence-electron chi connectivity index (χ1n) is 8.20. The van der Waals surface area contributed by atoms with Crippen LogP contribution in [0.15, 0.2) is 0 Å². The molecule has 132 valence electrons. The summed E-state index contributed by atoms with van der Waals surface area (Å²) < 4.78 is 5.28. The fourth-order valence-electron chi connectivity index (χ4n) is 3.05. The van der Waals surface area contributed by atoms with Gasteiger partial charge in [-0.25, -0.2) is 9.78 Å². The van der Waals surface area contributed by atoms with Crippen molar-refractivity contribution in [1.29, 1.82) is 0 Å². The van der Waals surface area contributed by atoms with Crippen LogP contribution < -0.4 is 11.1 Å². The molecule has 2 fully saturated rings. The average molecular weight is 353 g/mol. The van der Waals surface area contributed by atoms with Crippen molar-refractivity contribution in [2.24, 2.45) is 0 Å². The Balaban J connectivity index is 1.49. The zero-order chi connectivity index (χ0) is 17.1. The third-order valence-electron chi connectivity index (χ3n) is 4.40.